The highest BCUT2D eigenvalue weighted by Gasteiger charge is 2.16. The molecule has 0 aliphatic heterocycles. The number of nitro groups is 1. The number of hydrogen-bond acceptors (Lipinski definition) is 4. The lowest BCUT2D eigenvalue weighted by atomic mass is 10.0. The first kappa shape index (κ1) is 15.4. The van der Waals surface area contributed by atoms with Gasteiger partial charge >= 0.3 is 0 Å². The quantitative estimate of drug-likeness (QED) is 0.632. The second-order valence-corrected chi connectivity index (χ2v) is 5.35. The van der Waals surface area contributed by atoms with E-state index in [1.807, 2.05) is 26.8 Å². The van der Waals surface area contributed by atoms with Gasteiger partial charge in [-0.2, -0.15) is 0 Å². The van der Waals surface area contributed by atoms with Crippen LogP contribution in [0.2, 0.25) is 0 Å². The van der Waals surface area contributed by atoms with E-state index < -0.39 is 0 Å². The fraction of sp³-hybridized carbons (Fsp3) is 0.571. The van der Waals surface area contributed by atoms with Crippen molar-refractivity contribution in [2.45, 2.75) is 39.7 Å². The van der Waals surface area contributed by atoms with Crippen LogP contribution in [-0.4, -0.2) is 24.2 Å². The smallest absolute Gasteiger partial charge is 0.272 e. The van der Waals surface area contributed by atoms with E-state index in [2.05, 4.69) is 5.32 Å². The second-order valence-electron chi connectivity index (χ2n) is 5.35. The van der Waals surface area contributed by atoms with Crippen LogP contribution in [0.4, 0.5) is 11.4 Å². The Morgan fingerprint density at radius 1 is 1.32 bits per heavy atom. The van der Waals surface area contributed by atoms with Crippen LogP contribution in [0, 0.1) is 24.0 Å². The van der Waals surface area contributed by atoms with Gasteiger partial charge in [-0.3, -0.25) is 10.1 Å². The zero-order valence-electron chi connectivity index (χ0n) is 12.2. The highest BCUT2D eigenvalue weighted by atomic mass is 16.6. The van der Waals surface area contributed by atoms with Crippen molar-refractivity contribution in [3.63, 3.8) is 0 Å². The van der Waals surface area contributed by atoms with E-state index in [0.29, 0.717) is 5.56 Å². The molecule has 0 aliphatic rings. The summed E-state index contributed by atoms with van der Waals surface area (Å²) in [7, 11) is 1.70. The van der Waals surface area contributed by atoms with Gasteiger partial charge < -0.3 is 10.1 Å². The van der Waals surface area contributed by atoms with Crippen molar-refractivity contribution in [1.82, 2.24) is 0 Å². The normalized spacial score (nSPS) is 11.4. The second kappa shape index (κ2) is 6.02. The fourth-order valence-electron chi connectivity index (χ4n) is 1.79. The summed E-state index contributed by atoms with van der Waals surface area (Å²) >= 11 is 0. The summed E-state index contributed by atoms with van der Waals surface area (Å²) in [5, 5.41) is 14.1. The summed E-state index contributed by atoms with van der Waals surface area (Å²) in [6, 6.07) is 3.44. The summed E-state index contributed by atoms with van der Waals surface area (Å²) < 4.78 is 5.35. The molecule has 0 atom stereocenters. The molecule has 1 rings (SSSR count). The molecule has 5 heteroatoms. The Morgan fingerprint density at radius 2 is 1.95 bits per heavy atom. The van der Waals surface area contributed by atoms with Crippen molar-refractivity contribution in [3.8, 4) is 0 Å². The van der Waals surface area contributed by atoms with Crippen molar-refractivity contribution in [2.75, 3.05) is 19.0 Å². The first-order chi connectivity index (χ1) is 8.76. The monoisotopic (exact) mass is 266 g/mol. The Bertz CT molecular complexity index is 470. The molecule has 0 aliphatic carbocycles. The number of nitrogens with one attached hydrogen (secondary N) is 1. The Hall–Kier alpha value is -1.62. The molecular formula is C14H22N2O3. The summed E-state index contributed by atoms with van der Waals surface area (Å²) in [6.45, 7) is 8.45. The van der Waals surface area contributed by atoms with Gasteiger partial charge in [0.2, 0.25) is 0 Å². The molecule has 1 N–H and O–H groups in total. The zero-order valence-corrected chi connectivity index (χ0v) is 12.2. The molecule has 0 unspecified atom stereocenters. The Balaban J connectivity index is 2.75. The molecule has 0 saturated carbocycles. The van der Waals surface area contributed by atoms with Crippen molar-refractivity contribution in [3.05, 3.63) is 33.4 Å². The molecule has 19 heavy (non-hydrogen) atoms. The third-order valence-corrected chi connectivity index (χ3v) is 3.33. The molecular weight excluding hydrogens is 244 g/mol. The van der Waals surface area contributed by atoms with Crippen LogP contribution < -0.4 is 5.32 Å². The third kappa shape index (κ3) is 4.21. The van der Waals surface area contributed by atoms with Crippen LogP contribution in [0.3, 0.4) is 0 Å². The van der Waals surface area contributed by atoms with E-state index in [-0.39, 0.29) is 16.2 Å². The lowest BCUT2D eigenvalue weighted by Crippen LogP contribution is -2.25. The van der Waals surface area contributed by atoms with E-state index >= 15 is 0 Å². The fourth-order valence-corrected chi connectivity index (χ4v) is 1.79. The molecule has 0 aromatic heterocycles. The summed E-state index contributed by atoms with van der Waals surface area (Å²) in [5.41, 5.74) is 2.49. The number of hydrogen-bond donors (Lipinski definition) is 1. The molecule has 5 nitrogen and oxygen atoms in total. The predicted molar refractivity (Wildman–Crippen MR) is 76.8 cm³/mol. The molecule has 0 fully saturated rings. The van der Waals surface area contributed by atoms with Gasteiger partial charge in [-0.05, 0) is 45.7 Å². The SMILES string of the molecule is COC(C)(C)CCNc1cc(C)c([N+](=O)[O-])cc1C. The predicted octanol–water partition coefficient (Wildman–Crippen LogP) is 3.44. The molecule has 0 bridgehead atoms. The number of nitro benzene ring substituents is 1. The average molecular weight is 266 g/mol. The minimum absolute atomic E-state index is 0.167. The van der Waals surface area contributed by atoms with E-state index in [9.17, 15) is 10.1 Å². The Morgan fingerprint density at radius 3 is 2.47 bits per heavy atom. The number of anilines is 1. The average Bonchev–Trinajstić information content (AvgIpc) is 2.32. The maximum Gasteiger partial charge on any atom is 0.272 e. The van der Waals surface area contributed by atoms with Gasteiger partial charge in [-0.15, -0.1) is 0 Å². The van der Waals surface area contributed by atoms with Gasteiger partial charge in [-0.1, -0.05) is 0 Å². The molecule has 0 saturated heterocycles. The number of rotatable bonds is 6. The Kier molecular flexibility index (Phi) is 4.89. The van der Waals surface area contributed by atoms with Gasteiger partial charge in [0.1, 0.15) is 0 Å². The maximum atomic E-state index is 10.8. The van der Waals surface area contributed by atoms with Crippen LogP contribution in [0.1, 0.15) is 31.4 Å². The van der Waals surface area contributed by atoms with Gasteiger partial charge in [0, 0.05) is 31.0 Å². The van der Waals surface area contributed by atoms with Crippen molar-refractivity contribution >= 4 is 11.4 Å². The molecule has 0 spiro atoms. The molecule has 106 valence electrons. The lowest BCUT2D eigenvalue weighted by Gasteiger charge is -2.23. The van der Waals surface area contributed by atoms with Crippen LogP contribution >= 0.6 is 0 Å². The number of nitrogens with zero attached hydrogens (tertiary/aromatic N) is 1. The van der Waals surface area contributed by atoms with Crippen LogP contribution in [0.5, 0.6) is 0 Å². The third-order valence-electron chi connectivity index (χ3n) is 3.33. The van der Waals surface area contributed by atoms with Crippen LogP contribution in [0.15, 0.2) is 12.1 Å². The molecule has 0 radical (unpaired) electrons. The van der Waals surface area contributed by atoms with Gasteiger partial charge in [0.15, 0.2) is 0 Å². The standard InChI is InChI=1S/C14H22N2O3/c1-10-9-13(16(17)18)11(2)8-12(10)15-7-6-14(3,4)19-5/h8-9,15H,6-7H2,1-5H3. The van der Waals surface area contributed by atoms with E-state index in [1.54, 1.807) is 20.1 Å². The topological polar surface area (TPSA) is 64.4 Å². The van der Waals surface area contributed by atoms with Crippen molar-refractivity contribution in [2.24, 2.45) is 0 Å². The van der Waals surface area contributed by atoms with E-state index in [1.165, 1.54) is 0 Å². The number of ether oxygens (including phenoxy) is 1. The summed E-state index contributed by atoms with van der Waals surface area (Å²) in [6.07, 6.45) is 0.860. The summed E-state index contributed by atoms with van der Waals surface area (Å²) in [4.78, 5) is 10.5. The first-order valence-corrected chi connectivity index (χ1v) is 6.31. The van der Waals surface area contributed by atoms with Crippen molar-refractivity contribution in [1.29, 1.82) is 0 Å². The maximum absolute atomic E-state index is 10.8. The van der Waals surface area contributed by atoms with Crippen molar-refractivity contribution < 1.29 is 9.66 Å². The van der Waals surface area contributed by atoms with E-state index in [0.717, 1.165) is 24.2 Å². The van der Waals surface area contributed by atoms with Gasteiger partial charge in [-0.25, -0.2) is 0 Å². The molecule has 0 heterocycles. The number of benzene rings is 1. The number of aryl methyl sites for hydroxylation is 2. The Labute approximate surface area is 114 Å². The van der Waals surface area contributed by atoms with Gasteiger partial charge in [0.05, 0.1) is 10.5 Å². The lowest BCUT2D eigenvalue weighted by molar-refractivity contribution is -0.385. The number of methoxy groups -OCH3 is 1. The molecule has 0 amide bonds. The largest absolute Gasteiger partial charge is 0.385 e. The molecule has 1 aromatic carbocycles. The minimum Gasteiger partial charge on any atom is -0.385 e. The highest BCUT2D eigenvalue weighted by molar-refractivity contribution is 5.59. The van der Waals surface area contributed by atoms with Gasteiger partial charge in [0.25, 0.3) is 5.69 Å². The molecule has 1 aromatic rings. The van der Waals surface area contributed by atoms with Crippen LogP contribution in [0.25, 0.3) is 0 Å². The van der Waals surface area contributed by atoms with E-state index in [4.69, 9.17) is 4.74 Å². The minimum atomic E-state index is -0.347. The summed E-state index contributed by atoms with van der Waals surface area (Å²) in [5.74, 6) is 0. The highest BCUT2D eigenvalue weighted by Crippen LogP contribution is 2.26. The van der Waals surface area contributed by atoms with Crippen LogP contribution in [-0.2, 0) is 4.74 Å². The zero-order chi connectivity index (χ0) is 14.6. The first-order valence-electron chi connectivity index (χ1n) is 6.31.